The number of alkyl halides is 5. The molecule has 48 heavy (non-hydrogen) atoms. The quantitative estimate of drug-likeness (QED) is 0.136. The third-order valence-corrected chi connectivity index (χ3v) is 9.19. The van der Waals surface area contributed by atoms with Crippen molar-refractivity contribution in [1.82, 2.24) is 29.9 Å². The topological polar surface area (TPSA) is 104 Å². The molecule has 0 aliphatic heterocycles. The number of benzene rings is 2. The number of carbonyl (C=O) groups is 1. The van der Waals surface area contributed by atoms with Gasteiger partial charge in [0.2, 0.25) is 5.91 Å². The number of nitrogens with zero attached hydrogens (tertiary/aromatic N) is 5. The number of rotatable bonds is 7. The molecule has 250 valence electrons. The highest BCUT2D eigenvalue weighted by molar-refractivity contribution is 6.37. The molecule has 3 aromatic heterocycles. The average Bonchev–Trinajstić information content (AvgIpc) is 3.53. The van der Waals surface area contributed by atoms with Gasteiger partial charge in [-0.3, -0.25) is 14.2 Å². The van der Waals surface area contributed by atoms with E-state index in [1.807, 2.05) is 0 Å². The highest BCUT2D eigenvalue weighted by Crippen LogP contribution is 2.68. The predicted octanol–water partition coefficient (Wildman–Crippen LogP) is 7.33. The first-order valence-corrected chi connectivity index (χ1v) is 15.2. The predicted molar refractivity (Wildman–Crippen MR) is 161 cm³/mol. The molecule has 1 amide bonds. The Hall–Kier alpha value is -4.37. The van der Waals surface area contributed by atoms with Crippen LogP contribution in [0.3, 0.4) is 0 Å². The highest BCUT2D eigenvalue weighted by Gasteiger charge is 2.68. The molecular weight excluding hydrogens is 690 g/mol. The fourth-order valence-corrected chi connectivity index (χ4v) is 7.12. The number of nitrogen functional groups attached to an aromatic ring is 1. The van der Waals surface area contributed by atoms with Crippen molar-refractivity contribution in [1.29, 1.82) is 0 Å². The van der Waals surface area contributed by atoms with Crippen LogP contribution < -0.4 is 11.1 Å². The summed E-state index contributed by atoms with van der Waals surface area (Å²) in [5.41, 5.74) is 4.55. The molecule has 7 rings (SSSR count). The van der Waals surface area contributed by atoms with Crippen molar-refractivity contribution in [2.75, 3.05) is 5.73 Å². The number of halogens is 9. The van der Waals surface area contributed by atoms with Crippen LogP contribution in [-0.2, 0) is 36.9 Å². The van der Waals surface area contributed by atoms with Crippen molar-refractivity contribution in [2.24, 2.45) is 13.0 Å². The van der Waals surface area contributed by atoms with Crippen LogP contribution in [0.1, 0.15) is 46.6 Å². The minimum atomic E-state index is -5.03. The lowest BCUT2D eigenvalue weighted by atomic mass is 9.94. The number of carbonyl (C=O) groups excluding carboxylic acids is 1. The lowest BCUT2D eigenvalue weighted by Crippen LogP contribution is -2.35. The van der Waals surface area contributed by atoms with Gasteiger partial charge in [0.1, 0.15) is 29.0 Å². The van der Waals surface area contributed by atoms with E-state index in [0.717, 1.165) is 12.1 Å². The number of pyridine rings is 1. The van der Waals surface area contributed by atoms with Gasteiger partial charge in [-0.15, -0.1) is 0 Å². The fraction of sp³-hybridized carbons (Fsp3) is 0.290. The Morgan fingerprint density at radius 2 is 1.77 bits per heavy atom. The molecule has 0 bridgehead atoms. The molecule has 0 saturated heterocycles. The molecule has 1 saturated carbocycles. The van der Waals surface area contributed by atoms with Crippen LogP contribution >= 0.6 is 23.2 Å². The number of aromatic nitrogens is 5. The van der Waals surface area contributed by atoms with Gasteiger partial charge < -0.3 is 11.1 Å². The SMILES string of the molecule is Cn1nc(N)c2c(Cl)ccc(-c3ccc(Cl)nc3[C@H](Cc3cc(F)cc(F)c3)NC(=O)Cn3nc(C(F)(F)F)c4c3C(F)(F)[C@@H]3C[C@H]43)c21. The van der Waals surface area contributed by atoms with E-state index < -0.39 is 71.0 Å². The second-order valence-corrected chi connectivity index (χ2v) is 12.6. The number of hydrogen-bond acceptors (Lipinski definition) is 5. The molecule has 3 heterocycles. The summed E-state index contributed by atoms with van der Waals surface area (Å²) in [6.07, 6.45) is -5.44. The van der Waals surface area contributed by atoms with Crippen LogP contribution in [0.5, 0.6) is 0 Å². The molecule has 1 fully saturated rings. The van der Waals surface area contributed by atoms with E-state index in [1.54, 1.807) is 25.2 Å². The van der Waals surface area contributed by atoms with Crippen molar-refractivity contribution in [3.05, 3.63) is 92.5 Å². The zero-order valence-corrected chi connectivity index (χ0v) is 26.0. The van der Waals surface area contributed by atoms with Gasteiger partial charge in [-0.1, -0.05) is 29.3 Å². The third-order valence-electron chi connectivity index (χ3n) is 8.67. The zero-order chi connectivity index (χ0) is 34.4. The van der Waals surface area contributed by atoms with Gasteiger partial charge in [-0.05, 0) is 54.7 Å². The van der Waals surface area contributed by atoms with Gasteiger partial charge in [0.05, 0.1) is 27.7 Å². The van der Waals surface area contributed by atoms with E-state index in [0.29, 0.717) is 37.8 Å². The van der Waals surface area contributed by atoms with Crippen LogP contribution in [-0.4, -0.2) is 30.5 Å². The van der Waals surface area contributed by atoms with Crippen molar-refractivity contribution in [2.45, 2.75) is 43.4 Å². The van der Waals surface area contributed by atoms with Gasteiger partial charge >= 0.3 is 6.18 Å². The maximum Gasteiger partial charge on any atom is 0.435 e. The maximum atomic E-state index is 15.2. The van der Waals surface area contributed by atoms with Crippen LogP contribution in [0, 0.1) is 17.6 Å². The first-order valence-electron chi connectivity index (χ1n) is 14.4. The Bertz CT molecular complexity index is 2130. The minimum absolute atomic E-state index is 0.0354. The molecule has 3 atom stereocenters. The molecule has 0 unspecified atom stereocenters. The fourth-order valence-electron chi connectivity index (χ4n) is 6.72. The Morgan fingerprint density at radius 1 is 1.08 bits per heavy atom. The summed E-state index contributed by atoms with van der Waals surface area (Å²) in [4.78, 5) is 18.0. The number of fused-ring (bicyclic) bond motifs is 4. The molecule has 2 aromatic carbocycles. The number of hydrogen-bond donors (Lipinski definition) is 2. The number of nitrogens with one attached hydrogen (secondary N) is 1. The lowest BCUT2D eigenvalue weighted by Gasteiger charge is -2.23. The lowest BCUT2D eigenvalue weighted by molar-refractivity contribution is -0.142. The molecule has 5 aromatic rings. The summed E-state index contributed by atoms with van der Waals surface area (Å²) in [6, 6.07) is 7.69. The third kappa shape index (κ3) is 5.32. The summed E-state index contributed by atoms with van der Waals surface area (Å²) in [5.74, 6) is -8.64. The van der Waals surface area contributed by atoms with Crippen molar-refractivity contribution in [3.63, 3.8) is 0 Å². The van der Waals surface area contributed by atoms with E-state index in [1.165, 1.54) is 10.7 Å². The summed E-state index contributed by atoms with van der Waals surface area (Å²) in [7, 11) is 1.62. The smallest absolute Gasteiger partial charge is 0.382 e. The monoisotopic (exact) mass is 711 g/mol. The second kappa shape index (κ2) is 11.1. The van der Waals surface area contributed by atoms with Gasteiger partial charge in [0.15, 0.2) is 11.5 Å². The standard InChI is InChI=1S/C31H22Cl2F7N7O/c1-46-26-16(2-4-19(32)24(26)29(41)45-46)15-3-5-21(33)43-25(15)20(8-12-6-13(34)9-14(35)7-12)42-22(48)11-47-28-23(27(44-47)31(38,39)40)17-10-18(17)30(28,36)37/h2-7,9,17-18,20H,8,10-11H2,1H3,(H2,41,45)(H,42,48)/t17-,18+,20-/m0/s1. The molecule has 2 aliphatic rings. The normalized spacial score (nSPS) is 18.5. The summed E-state index contributed by atoms with van der Waals surface area (Å²) in [5, 5.41) is 10.9. The summed E-state index contributed by atoms with van der Waals surface area (Å²) < 4.78 is 102. The molecule has 0 spiro atoms. The van der Waals surface area contributed by atoms with E-state index >= 15 is 8.78 Å². The van der Waals surface area contributed by atoms with Crippen molar-refractivity contribution >= 4 is 45.8 Å². The van der Waals surface area contributed by atoms with Gasteiger partial charge in [-0.2, -0.15) is 32.1 Å². The van der Waals surface area contributed by atoms with Gasteiger partial charge in [-0.25, -0.2) is 13.8 Å². The Morgan fingerprint density at radius 3 is 2.46 bits per heavy atom. The average molecular weight is 712 g/mol. The number of aryl methyl sites for hydroxylation is 1. The molecular formula is C31H22Cl2F7N7O. The van der Waals surface area contributed by atoms with Crippen LogP contribution in [0.4, 0.5) is 36.6 Å². The van der Waals surface area contributed by atoms with Crippen LogP contribution in [0.25, 0.3) is 22.0 Å². The van der Waals surface area contributed by atoms with E-state index in [-0.39, 0.29) is 35.1 Å². The minimum Gasteiger partial charge on any atom is -0.382 e. The van der Waals surface area contributed by atoms with E-state index in [9.17, 15) is 26.7 Å². The first kappa shape index (κ1) is 32.2. The van der Waals surface area contributed by atoms with Gasteiger partial charge in [0.25, 0.3) is 5.92 Å². The largest absolute Gasteiger partial charge is 0.435 e. The van der Waals surface area contributed by atoms with E-state index in [4.69, 9.17) is 28.9 Å². The number of amides is 1. The molecule has 17 heteroatoms. The summed E-state index contributed by atoms with van der Waals surface area (Å²) >= 11 is 12.7. The number of nitrogens with two attached hydrogens (primary N) is 1. The van der Waals surface area contributed by atoms with Gasteiger partial charge in [0, 0.05) is 35.7 Å². The molecule has 2 aliphatic carbocycles. The molecule has 3 N–H and O–H groups in total. The Balaban J connectivity index is 1.32. The maximum absolute atomic E-state index is 15.2. The first-order chi connectivity index (χ1) is 22.5. The Labute approximate surface area is 276 Å². The van der Waals surface area contributed by atoms with Crippen LogP contribution in [0.2, 0.25) is 10.2 Å². The summed E-state index contributed by atoms with van der Waals surface area (Å²) in [6.45, 7) is -1.01. The zero-order valence-electron chi connectivity index (χ0n) is 24.5. The van der Waals surface area contributed by atoms with Crippen LogP contribution in [0.15, 0.2) is 42.5 Å². The Kier molecular flexibility index (Phi) is 7.44. The van der Waals surface area contributed by atoms with Crippen molar-refractivity contribution in [3.8, 4) is 11.1 Å². The highest BCUT2D eigenvalue weighted by atomic mass is 35.5. The van der Waals surface area contributed by atoms with E-state index in [2.05, 4.69) is 20.5 Å². The second-order valence-electron chi connectivity index (χ2n) is 11.8. The molecule has 8 nitrogen and oxygen atoms in total. The number of anilines is 1. The molecule has 0 radical (unpaired) electrons. The van der Waals surface area contributed by atoms with Crippen molar-refractivity contribution < 1.29 is 35.5 Å².